The van der Waals surface area contributed by atoms with Crippen LogP contribution in [0.5, 0.6) is 0 Å². The van der Waals surface area contributed by atoms with Crippen molar-refractivity contribution >= 4 is 11.6 Å². The van der Waals surface area contributed by atoms with Crippen LogP contribution in [0.25, 0.3) is 0 Å². The molecule has 0 radical (unpaired) electrons. The largest absolute Gasteiger partial charge is 0.330 e. The van der Waals surface area contributed by atoms with E-state index in [1.807, 2.05) is 6.08 Å². The number of rotatable bonds is 7. The molecule has 0 amide bonds. The molecule has 0 fully saturated rings. The highest BCUT2D eigenvalue weighted by Gasteiger charge is 2.18. The summed E-state index contributed by atoms with van der Waals surface area (Å²) in [5.74, 6) is 0. The zero-order valence-corrected chi connectivity index (χ0v) is 10.3. The van der Waals surface area contributed by atoms with Gasteiger partial charge in [-0.15, -0.1) is 0 Å². The first kappa shape index (κ1) is 13.9. The van der Waals surface area contributed by atoms with Crippen molar-refractivity contribution in [3.63, 3.8) is 0 Å². The fourth-order valence-corrected chi connectivity index (χ4v) is 1.49. The second-order valence-electron chi connectivity index (χ2n) is 4.47. The minimum atomic E-state index is 0.190. The van der Waals surface area contributed by atoms with Crippen LogP contribution >= 0.6 is 11.6 Å². The first-order chi connectivity index (χ1) is 6.55. The second kappa shape index (κ2) is 7.27. The van der Waals surface area contributed by atoms with E-state index >= 15 is 0 Å². The minimum Gasteiger partial charge on any atom is -0.330 e. The third-order valence-corrected chi connectivity index (χ3v) is 2.37. The fourth-order valence-electron chi connectivity index (χ4n) is 1.41. The molecular weight excluding hydrogens is 196 g/mol. The van der Waals surface area contributed by atoms with Crippen molar-refractivity contribution < 1.29 is 0 Å². The summed E-state index contributed by atoms with van der Waals surface area (Å²) in [6.07, 6.45) is 3.14. The predicted molar refractivity (Wildman–Crippen MR) is 64.6 cm³/mol. The Balaban J connectivity index is 4.07. The highest BCUT2D eigenvalue weighted by Crippen LogP contribution is 2.14. The van der Waals surface area contributed by atoms with Gasteiger partial charge in [0, 0.05) is 18.6 Å². The summed E-state index contributed by atoms with van der Waals surface area (Å²) in [6.45, 7) is 10.3. The summed E-state index contributed by atoms with van der Waals surface area (Å²) in [4.78, 5) is 2.38. The summed E-state index contributed by atoms with van der Waals surface area (Å²) in [5.41, 5.74) is 7.48. The zero-order valence-electron chi connectivity index (χ0n) is 9.59. The Labute approximate surface area is 93.1 Å². The molecule has 0 aromatic heterocycles. The van der Waals surface area contributed by atoms with Crippen molar-refractivity contribution in [2.75, 3.05) is 26.2 Å². The highest BCUT2D eigenvalue weighted by molar-refractivity contribution is 6.25. The van der Waals surface area contributed by atoms with E-state index in [-0.39, 0.29) is 5.41 Å². The fraction of sp³-hybridized carbons (Fsp3) is 0.818. The van der Waals surface area contributed by atoms with Gasteiger partial charge in [-0.1, -0.05) is 38.4 Å². The molecule has 0 aliphatic rings. The Morgan fingerprint density at radius 3 is 2.50 bits per heavy atom. The van der Waals surface area contributed by atoms with Crippen molar-refractivity contribution in [3.05, 3.63) is 11.6 Å². The van der Waals surface area contributed by atoms with Crippen LogP contribution in [-0.4, -0.2) is 31.1 Å². The van der Waals surface area contributed by atoms with Gasteiger partial charge >= 0.3 is 0 Å². The summed E-state index contributed by atoms with van der Waals surface area (Å²) < 4.78 is 0. The average molecular weight is 219 g/mol. The Morgan fingerprint density at radius 1 is 1.43 bits per heavy atom. The first-order valence-corrected chi connectivity index (χ1v) is 5.67. The molecule has 2 nitrogen and oxygen atoms in total. The number of nitrogens with zero attached hydrogens (tertiary/aromatic N) is 1. The molecule has 0 aliphatic heterocycles. The topological polar surface area (TPSA) is 29.3 Å². The standard InChI is InChI=1S/C11H23ClN2/c1-4-7-14(8-5-6-12)10-11(2,3)9-13/h5-6H,4,7-10,13H2,1-3H3. The quantitative estimate of drug-likeness (QED) is 0.712. The Kier molecular flexibility index (Phi) is 7.24. The molecule has 0 aliphatic carbocycles. The van der Waals surface area contributed by atoms with Gasteiger partial charge in [-0.2, -0.15) is 0 Å². The first-order valence-electron chi connectivity index (χ1n) is 5.23. The number of hydrogen-bond donors (Lipinski definition) is 1. The van der Waals surface area contributed by atoms with E-state index in [9.17, 15) is 0 Å². The van der Waals surface area contributed by atoms with Crippen LogP contribution < -0.4 is 5.73 Å². The third-order valence-electron chi connectivity index (χ3n) is 2.20. The van der Waals surface area contributed by atoms with Crippen molar-refractivity contribution in [2.45, 2.75) is 27.2 Å². The SMILES string of the molecule is CCCN(CC=CCl)CC(C)(C)CN. The van der Waals surface area contributed by atoms with Crippen LogP contribution in [0.2, 0.25) is 0 Å². The van der Waals surface area contributed by atoms with Gasteiger partial charge in [-0.25, -0.2) is 0 Å². The molecule has 0 saturated heterocycles. The lowest BCUT2D eigenvalue weighted by Crippen LogP contribution is -2.39. The van der Waals surface area contributed by atoms with Crippen molar-refractivity contribution in [1.29, 1.82) is 0 Å². The summed E-state index contributed by atoms with van der Waals surface area (Å²) >= 11 is 5.52. The minimum absolute atomic E-state index is 0.190. The van der Waals surface area contributed by atoms with Gasteiger partial charge in [0.1, 0.15) is 0 Å². The van der Waals surface area contributed by atoms with E-state index in [1.54, 1.807) is 5.54 Å². The summed E-state index contributed by atoms with van der Waals surface area (Å²) in [6, 6.07) is 0. The van der Waals surface area contributed by atoms with Crippen LogP contribution in [0.4, 0.5) is 0 Å². The number of nitrogens with two attached hydrogens (primary N) is 1. The molecule has 0 saturated carbocycles. The van der Waals surface area contributed by atoms with Crippen LogP contribution in [0.1, 0.15) is 27.2 Å². The number of hydrogen-bond acceptors (Lipinski definition) is 2. The Hall–Kier alpha value is -0.0500. The van der Waals surface area contributed by atoms with E-state index in [1.165, 1.54) is 0 Å². The maximum Gasteiger partial charge on any atom is 0.0175 e. The normalized spacial score (nSPS) is 13.0. The maximum atomic E-state index is 5.71. The van der Waals surface area contributed by atoms with Gasteiger partial charge in [-0.3, -0.25) is 4.90 Å². The van der Waals surface area contributed by atoms with Gasteiger partial charge < -0.3 is 5.73 Å². The summed E-state index contributed by atoms with van der Waals surface area (Å²) in [5, 5.41) is 0. The molecule has 0 atom stereocenters. The highest BCUT2D eigenvalue weighted by atomic mass is 35.5. The number of halogens is 1. The predicted octanol–water partition coefficient (Wildman–Crippen LogP) is 2.44. The van der Waals surface area contributed by atoms with Gasteiger partial charge in [0.15, 0.2) is 0 Å². The van der Waals surface area contributed by atoms with Gasteiger partial charge in [0.25, 0.3) is 0 Å². The summed E-state index contributed by atoms with van der Waals surface area (Å²) in [7, 11) is 0. The van der Waals surface area contributed by atoms with Gasteiger partial charge in [0.2, 0.25) is 0 Å². The molecule has 3 heteroatoms. The molecule has 14 heavy (non-hydrogen) atoms. The Bertz CT molecular complexity index is 167. The van der Waals surface area contributed by atoms with E-state index < -0.39 is 0 Å². The molecule has 0 unspecified atom stereocenters. The monoisotopic (exact) mass is 218 g/mol. The van der Waals surface area contributed by atoms with Crippen LogP contribution in [0.3, 0.4) is 0 Å². The van der Waals surface area contributed by atoms with Crippen molar-refractivity contribution in [3.8, 4) is 0 Å². The van der Waals surface area contributed by atoms with Crippen molar-refractivity contribution in [2.24, 2.45) is 11.1 Å². The molecule has 0 bridgehead atoms. The lowest BCUT2D eigenvalue weighted by atomic mass is 9.93. The third kappa shape index (κ3) is 6.41. The molecule has 0 aromatic rings. The zero-order chi connectivity index (χ0) is 11.0. The van der Waals surface area contributed by atoms with Gasteiger partial charge in [0.05, 0.1) is 0 Å². The molecule has 0 spiro atoms. The van der Waals surface area contributed by atoms with Crippen molar-refractivity contribution in [1.82, 2.24) is 4.90 Å². The maximum absolute atomic E-state index is 5.71. The van der Waals surface area contributed by atoms with Crippen LogP contribution in [0.15, 0.2) is 11.6 Å². The molecule has 0 heterocycles. The van der Waals surface area contributed by atoms with Crippen LogP contribution in [-0.2, 0) is 0 Å². The van der Waals surface area contributed by atoms with E-state index in [4.69, 9.17) is 17.3 Å². The van der Waals surface area contributed by atoms with Gasteiger partial charge in [-0.05, 0) is 24.9 Å². The molecular formula is C11H23ClN2. The molecule has 0 rings (SSSR count). The average Bonchev–Trinajstić information content (AvgIpc) is 2.14. The van der Waals surface area contributed by atoms with E-state index in [0.717, 1.165) is 32.6 Å². The van der Waals surface area contributed by atoms with Crippen LogP contribution in [0, 0.1) is 5.41 Å². The molecule has 84 valence electrons. The van der Waals surface area contributed by atoms with E-state index in [0.29, 0.717) is 0 Å². The second-order valence-corrected chi connectivity index (χ2v) is 4.72. The molecule has 0 aromatic carbocycles. The smallest absolute Gasteiger partial charge is 0.0175 e. The lowest BCUT2D eigenvalue weighted by molar-refractivity contribution is 0.198. The van der Waals surface area contributed by atoms with E-state index in [2.05, 4.69) is 25.7 Å². The molecule has 2 N–H and O–H groups in total. The Morgan fingerprint density at radius 2 is 2.07 bits per heavy atom. The lowest BCUT2D eigenvalue weighted by Gasteiger charge is -2.30.